The number of hydrogen-bond donors (Lipinski definition) is 0. The largest absolute Gasteiger partial charge is 0.372 e. The zero-order valence-electron chi connectivity index (χ0n) is 11.7. The van der Waals surface area contributed by atoms with E-state index in [1.165, 1.54) is 44.9 Å². The van der Waals surface area contributed by atoms with Crippen molar-refractivity contribution < 1.29 is 4.74 Å². The predicted octanol–water partition coefficient (Wildman–Crippen LogP) is 5.30. The van der Waals surface area contributed by atoms with E-state index in [4.69, 9.17) is 4.74 Å². The summed E-state index contributed by atoms with van der Waals surface area (Å²) in [6.45, 7) is 4.46. The van der Waals surface area contributed by atoms with Crippen LogP contribution in [0.1, 0.15) is 58.8 Å². The van der Waals surface area contributed by atoms with Crippen molar-refractivity contribution in [3.8, 4) is 0 Å². The van der Waals surface area contributed by atoms with Gasteiger partial charge in [0.1, 0.15) is 0 Å². The molecule has 2 aliphatic rings. The Balaban J connectivity index is 2.01. The van der Waals surface area contributed by atoms with Crippen molar-refractivity contribution in [1.29, 1.82) is 0 Å². The molecule has 0 radical (unpaired) electrons. The van der Waals surface area contributed by atoms with Crippen LogP contribution in [-0.4, -0.2) is 22.4 Å². The summed E-state index contributed by atoms with van der Waals surface area (Å²) in [7, 11) is 0. The van der Waals surface area contributed by atoms with Gasteiger partial charge in [-0.2, -0.15) is 0 Å². The third-order valence-electron chi connectivity index (χ3n) is 4.94. The minimum absolute atomic E-state index is 0.102. The van der Waals surface area contributed by atoms with E-state index in [0.29, 0.717) is 11.5 Å². The highest BCUT2D eigenvalue weighted by Crippen LogP contribution is 2.48. The molecule has 0 aromatic heterocycles. The fraction of sp³-hybridized carbons (Fsp3) is 1.00. The van der Waals surface area contributed by atoms with Gasteiger partial charge in [0.05, 0.1) is 11.7 Å². The first-order valence-corrected chi connectivity index (χ1v) is 9.55. The van der Waals surface area contributed by atoms with Gasteiger partial charge in [-0.3, -0.25) is 0 Å². The second kappa shape index (κ2) is 6.13. The van der Waals surface area contributed by atoms with E-state index >= 15 is 0 Å². The van der Waals surface area contributed by atoms with Crippen LogP contribution >= 0.6 is 31.9 Å². The molecular formula is C15H26Br2O. The maximum absolute atomic E-state index is 6.23. The Morgan fingerprint density at radius 3 is 2.17 bits per heavy atom. The molecule has 1 nitrogen and oxygen atoms in total. The minimum atomic E-state index is 0.102. The molecule has 2 rings (SSSR count). The molecule has 1 unspecified atom stereocenters. The average molecular weight is 382 g/mol. The van der Waals surface area contributed by atoms with E-state index in [0.717, 1.165) is 16.6 Å². The van der Waals surface area contributed by atoms with Gasteiger partial charge < -0.3 is 4.74 Å². The van der Waals surface area contributed by atoms with Crippen molar-refractivity contribution in [3.63, 3.8) is 0 Å². The highest BCUT2D eigenvalue weighted by atomic mass is 79.9. The molecule has 0 N–H and O–H groups in total. The summed E-state index contributed by atoms with van der Waals surface area (Å²) in [5.74, 6) is 0.878. The number of ether oxygens (including phenoxy) is 1. The van der Waals surface area contributed by atoms with Crippen LogP contribution in [0.4, 0.5) is 0 Å². The van der Waals surface area contributed by atoms with Gasteiger partial charge in [-0.25, -0.2) is 0 Å². The summed E-state index contributed by atoms with van der Waals surface area (Å²) in [5, 5.41) is 2.21. The Kier molecular flexibility index (Phi) is 5.22. The van der Waals surface area contributed by atoms with Gasteiger partial charge in [-0.05, 0) is 57.3 Å². The van der Waals surface area contributed by atoms with E-state index in [1.807, 2.05) is 0 Å². The van der Waals surface area contributed by atoms with Gasteiger partial charge in [-0.1, -0.05) is 44.7 Å². The lowest BCUT2D eigenvalue weighted by atomic mass is 9.73. The molecule has 0 aromatic carbocycles. The predicted molar refractivity (Wildman–Crippen MR) is 84.8 cm³/mol. The molecule has 1 aliphatic heterocycles. The third-order valence-corrected chi connectivity index (χ3v) is 7.18. The van der Waals surface area contributed by atoms with Crippen molar-refractivity contribution in [2.75, 3.05) is 10.7 Å². The van der Waals surface area contributed by atoms with Crippen LogP contribution in [-0.2, 0) is 4.74 Å². The third kappa shape index (κ3) is 3.32. The summed E-state index contributed by atoms with van der Waals surface area (Å²) >= 11 is 7.59. The van der Waals surface area contributed by atoms with Gasteiger partial charge in [0.2, 0.25) is 0 Å². The maximum atomic E-state index is 6.23. The summed E-state index contributed by atoms with van der Waals surface area (Å²) in [4.78, 5) is 0. The molecule has 2 fully saturated rings. The normalized spacial score (nSPS) is 29.0. The summed E-state index contributed by atoms with van der Waals surface area (Å²) in [6, 6.07) is 0. The summed E-state index contributed by atoms with van der Waals surface area (Å²) < 4.78 is 6.23. The zero-order chi connectivity index (χ0) is 13.2. The Morgan fingerprint density at radius 1 is 1.11 bits per heavy atom. The highest BCUT2D eigenvalue weighted by Gasteiger charge is 2.43. The van der Waals surface area contributed by atoms with Crippen LogP contribution in [0.15, 0.2) is 0 Å². The molecular weight excluding hydrogens is 356 g/mol. The first kappa shape index (κ1) is 15.3. The van der Waals surface area contributed by atoms with E-state index in [-0.39, 0.29) is 5.60 Å². The SMILES string of the molecule is CC1(C)CCC(CC(CBr)(CBr)C2CCCC2)O1. The Bertz CT molecular complexity index is 268. The van der Waals surface area contributed by atoms with Crippen LogP contribution in [0.2, 0.25) is 0 Å². The second-order valence-electron chi connectivity index (χ2n) is 6.85. The molecule has 0 amide bonds. The van der Waals surface area contributed by atoms with Crippen molar-refractivity contribution in [3.05, 3.63) is 0 Å². The minimum Gasteiger partial charge on any atom is -0.372 e. The lowest BCUT2D eigenvalue weighted by Gasteiger charge is -2.38. The van der Waals surface area contributed by atoms with Crippen LogP contribution in [0.3, 0.4) is 0 Å². The standard InChI is InChI=1S/C15H26Br2O/c1-14(2)8-7-13(18-14)9-15(10-16,11-17)12-5-3-4-6-12/h12-13H,3-11H2,1-2H3. The number of halogens is 2. The maximum Gasteiger partial charge on any atom is 0.0631 e. The van der Waals surface area contributed by atoms with Crippen molar-refractivity contribution in [2.24, 2.45) is 11.3 Å². The van der Waals surface area contributed by atoms with E-state index in [1.54, 1.807) is 0 Å². The molecule has 1 saturated heterocycles. The van der Waals surface area contributed by atoms with Gasteiger partial charge in [-0.15, -0.1) is 0 Å². The van der Waals surface area contributed by atoms with Gasteiger partial charge >= 0.3 is 0 Å². The lowest BCUT2D eigenvalue weighted by Crippen LogP contribution is -2.37. The van der Waals surface area contributed by atoms with E-state index < -0.39 is 0 Å². The summed E-state index contributed by atoms with van der Waals surface area (Å²) in [5.41, 5.74) is 0.506. The monoisotopic (exact) mass is 380 g/mol. The molecule has 1 heterocycles. The fourth-order valence-corrected chi connectivity index (χ4v) is 6.04. The number of alkyl halides is 2. The van der Waals surface area contributed by atoms with Crippen LogP contribution < -0.4 is 0 Å². The Hall–Kier alpha value is 0.920. The smallest absolute Gasteiger partial charge is 0.0631 e. The molecule has 0 bridgehead atoms. The van der Waals surface area contributed by atoms with E-state index in [2.05, 4.69) is 45.7 Å². The Labute approximate surface area is 129 Å². The second-order valence-corrected chi connectivity index (χ2v) is 7.97. The van der Waals surface area contributed by atoms with Crippen molar-refractivity contribution >= 4 is 31.9 Å². The number of hydrogen-bond acceptors (Lipinski definition) is 1. The number of rotatable bonds is 5. The van der Waals surface area contributed by atoms with E-state index in [9.17, 15) is 0 Å². The molecule has 3 heteroatoms. The quantitative estimate of drug-likeness (QED) is 0.587. The molecule has 1 saturated carbocycles. The Morgan fingerprint density at radius 2 is 1.72 bits per heavy atom. The van der Waals surface area contributed by atoms with Gasteiger partial charge in [0, 0.05) is 10.7 Å². The van der Waals surface area contributed by atoms with Crippen LogP contribution in [0.25, 0.3) is 0 Å². The topological polar surface area (TPSA) is 9.23 Å². The zero-order valence-corrected chi connectivity index (χ0v) is 14.9. The van der Waals surface area contributed by atoms with Gasteiger partial charge in [0.15, 0.2) is 0 Å². The molecule has 106 valence electrons. The van der Waals surface area contributed by atoms with Crippen molar-refractivity contribution in [2.45, 2.75) is 70.5 Å². The molecule has 1 aliphatic carbocycles. The molecule has 18 heavy (non-hydrogen) atoms. The average Bonchev–Trinajstić information content (AvgIpc) is 2.96. The fourth-order valence-electron chi connectivity index (χ4n) is 3.74. The molecule has 1 atom stereocenters. The lowest BCUT2D eigenvalue weighted by molar-refractivity contribution is -0.0368. The highest BCUT2D eigenvalue weighted by molar-refractivity contribution is 9.09. The van der Waals surface area contributed by atoms with Crippen molar-refractivity contribution in [1.82, 2.24) is 0 Å². The molecule has 0 spiro atoms. The molecule has 0 aromatic rings. The van der Waals surface area contributed by atoms with Crippen LogP contribution in [0.5, 0.6) is 0 Å². The van der Waals surface area contributed by atoms with Crippen LogP contribution in [0, 0.1) is 11.3 Å². The first-order valence-electron chi connectivity index (χ1n) is 7.31. The van der Waals surface area contributed by atoms with Gasteiger partial charge in [0.25, 0.3) is 0 Å². The summed E-state index contributed by atoms with van der Waals surface area (Å²) in [6.07, 6.45) is 9.80. The first-order chi connectivity index (χ1) is 8.51.